The van der Waals surface area contributed by atoms with Crippen molar-refractivity contribution in [3.8, 4) is 0 Å². The average molecular weight is 363 g/mol. The van der Waals surface area contributed by atoms with Gasteiger partial charge in [0.1, 0.15) is 5.60 Å². The fourth-order valence-corrected chi connectivity index (χ4v) is 3.41. The van der Waals surface area contributed by atoms with E-state index in [1.807, 2.05) is 46.8 Å². The van der Waals surface area contributed by atoms with Crippen LogP contribution in [0.2, 0.25) is 0 Å². The highest BCUT2D eigenvalue weighted by Crippen LogP contribution is 2.44. The van der Waals surface area contributed by atoms with Crippen molar-refractivity contribution in [2.45, 2.75) is 79.4 Å². The van der Waals surface area contributed by atoms with Crippen LogP contribution >= 0.6 is 0 Å². The predicted molar refractivity (Wildman–Crippen MR) is 105 cm³/mol. The molecule has 0 amide bonds. The Bertz CT molecular complexity index is 645. The van der Waals surface area contributed by atoms with E-state index >= 15 is 0 Å². The molecule has 2 N–H and O–H groups in total. The molecule has 0 saturated heterocycles. The van der Waals surface area contributed by atoms with E-state index in [9.17, 15) is 19.8 Å². The largest absolute Gasteiger partial charge is 0.389 e. The maximum absolute atomic E-state index is 13.1. The molecule has 0 aromatic rings. The summed E-state index contributed by atoms with van der Waals surface area (Å²) in [6, 6.07) is 0. The number of carbonyl (C=O) groups excluding carboxylic acids is 2. The fourth-order valence-electron chi connectivity index (χ4n) is 3.41. The first-order chi connectivity index (χ1) is 12.0. The zero-order chi connectivity index (χ0) is 20.2. The molecule has 0 fully saturated rings. The van der Waals surface area contributed by atoms with Crippen LogP contribution in [-0.4, -0.2) is 33.5 Å². The van der Waals surface area contributed by atoms with E-state index in [1.54, 1.807) is 13.8 Å². The monoisotopic (exact) mass is 362 g/mol. The van der Waals surface area contributed by atoms with Crippen LogP contribution in [0.25, 0.3) is 0 Å². The topological polar surface area (TPSA) is 74.6 Å². The van der Waals surface area contributed by atoms with Gasteiger partial charge in [-0.15, -0.1) is 0 Å². The second-order valence-electron chi connectivity index (χ2n) is 7.97. The molecule has 146 valence electrons. The maximum atomic E-state index is 13.1. The number of ketones is 2. The Kier molecular flexibility index (Phi) is 7.72. The Morgan fingerprint density at radius 1 is 1.19 bits per heavy atom. The number of aliphatic hydroxyl groups is 2. The van der Waals surface area contributed by atoms with Crippen LogP contribution in [0.15, 0.2) is 34.4 Å². The Labute approximate surface area is 157 Å². The Balaban J connectivity index is 3.43. The molecule has 0 saturated carbocycles. The van der Waals surface area contributed by atoms with Crippen molar-refractivity contribution < 1.29 is 19.8 Å². The number of carbonyl (C=O) groups is 2. The molecular formula is C22H34O4. The van der Waals surface area contributed by atoms with Crippen molar-refractivity contribution in [1.29, 1.82) is 0 Å². The van der Waals surface area contributed by atoms with Crippen molar-refractivity contribution >= 4 is 11.6 Å². The van der Waals surface area contributed by atoms with E-state index in [4.69, 9.17) is 0 Å². The van der Waals surface area contributed by atoms with E-state index < -0.39 is 17.6 Å². The first kappa shape index (κ1) is 22.5. The number of hydrogen-bond acceptors (Lipinski definition) is 4. The molecule has 26 heavy (non-hydrogen) atoms. The molecule has 0 aliphatic heterocycles. The summed E-state index contributed by atoms with van der Waals surface area (Å²) in [7, 11) is 0. The number of rotatable bonds is 8. The molecule has 4 atom stereocenters. The number of allylic oxidation sites excluding steroid dienone is 4. The Morgan fingerprint density at radius 2 is 1.73 bits per heavy atom. The summed E-state index contributed by atoms with van der Waals surface area (Å²) in [6.07, 6.45) is 3.75. The summed E-state index contributed by atoms with van der Waals surface area (Å²) in [5.41, 5.74) is 0.737. The first-order valence-corrected chi connectivity index (χ1v) is 9.45. The van der Waals surface area contributed by atoms with Gasteiger partial charge in [0.25, 0.3) is 0 Å². The van der Waals surface area contributed by atoms with Crippen LogP contribution in [0, 0.1) is 11.8 Å². The third-order valence-corrected chi connectivity index (χ3v) is 5.40. The van der Waals surface area contributed by atoms with Crippen molar-refractivity contribution in [2.24, 2.45) is 11.8 Å². The highest BCUT2D eigenvalue weighted by molar-refractivity contribution is 6.24. The van der Waals surface area contributed by atoms with Gasteiger partial charge >= 0.3 is 0 Å². The van der Waals surface area contributed by atoms with Crippen molar-refractivity contribution in [3.05, 3.63) is 34.4 Å². The van der Waals surface area contributed by atoms with Gasteiger partial charge < -0.3 is 10.2 Å². The highest BCUT2D eigenvalue weighted by atomic mass is 16.3. The molecule has 0 aromatic carbocycles. The standard InChI is InChI=1S/C22H34O4/c1-8-15(6)20(24)19-16(7)22(26,18(23)12-10-14(4)5)17(21(19)25)11-9-13(2)3/h9-10,15,17-18,23,26H,8,11-12H2,1-7H3/t15?,17?,18?,22-/m1/s1. The third-order valence-electron chi connectivity index (χ3n) is 5.40. The van der Waals surface area contributed by atoms with Crippen LogP contribution in [-0.2, 0) is 9.59 Å². The zero-order valence-corrected chi connectivity index (χ0v) is 17.2. The van der Waals surface area contributed by atoms with Gasteiger partial charge in [-0.25, -0.2) is 0 Å². The van der Waals surface area contributed by atoms with E-state index in [-0.39, 0.29) is 29.5 Å². The number of Topliss-reactive ketones (excluding diaryl/α,β-unsaturated/α-hetero) is 2. The lowest BCUT2D eigenvalue weighted by Crippen LogP contribution is -2.48. The summed E-state index contributed by atoms with van der Waals surface area (Å²) in [5.74, 6) is -1.70. The minimum Gasteiger partial charge on any atom is -0.389 e. The molecule has 0 heterocycles. The van der Waals surface area contributed by atoms with Gasteiger partial charge in [0.05, 0.1) is 17.6 Å². The third kappa shape index (κ3) is 4.41. The molecule has 1 rings (SSSR count). The molecule has 3 unspecified atom stereocenters. The molecule has 1 aliphatic rings. The molecule has 4 nitrogen and oxygen atoms in total. The Hall–Kier alpha value is -1.52. The van der Waals surface area contributed by atoms with E-state index in [0.29, 0.717) is 18.4 Å². The highest BCUT2D eigenvalue weighted by Gasteiger charge is 2.55. The van der Waals surface area contributed by atoms with Gasteiger partial charge in [-0.05, 0) is 59.5 Å². The second-order valence-corrected chi connectivity index (χ2v) is 7.97. The van der Waals surface area contributed by atoms with E-state index in [2.05, 4.69) is 0 Å². The molecular weight excluding hydrogens is 328 g/mol. The summed E-state index contributed by atoms with van der Waals surface area (Å²) in [4.78, 5) is 25.8. The minimum atomic E-state index is -1.71. The van der Waals surface area contributed by atoms with Crippen molar-refractivity contribution in [2.75, 3.05) is 0 Å². The summed E-state index contributed by atoms with van der Waals surface area (Å²) in [6.45, 7) is 13.0. The summed E-state index contributed by atoms with van der Waals surface area (Å²) >= 11 is 0. The van der Waals surface area contributed by atoms with E-state index in [1.165, 1.54) is 0 Å². The zero-order valence-electron chi connectivity index (χ0n) is 17.2. The molecule has 0 spiro atoms. The predicted octanol–water partition coefficient (Wildman–Crippen LogP) is 3.92. The van der Waals surface area contributed by atoms with Crippen LogP contribution in [0.3, 0.4) is 0 Å². The Morgan fingerprint density at radius 3 is 2.19 bits per heavy atom. The number of aliphatic hydroxyl groups excluding tert-OH is 1. The van der Waals surface area contributed by atoms with Gasteiger partial charge in [-0.3, -0.25) is 9.59 Å². The molecule has 1 aliphatic carbocycles. The molecule has 0 radical (unpaired) electrons. The second kappa shape index (κ2) is 8.92. The lowest BCUT2D eigenvalue weighted by Gasteiger charge is -2.35. The molecule has 0 bridgehead atoms. The molecule has 0 aromatic heterocycles. The number of hydrogen-bond donors (Lipinski definition) is 2. The quantitative estimate of drug-likeness (QED) is 0.507. The summed E-state index contributed by atoms with van der Waals surface area (Å²) in [5, 5.41) is 22.2. The van der Waals surface area contributed by atoms with Crippen LogP contribution in [0.5, 0.6) is 0 Å². The average Bonchev–Trinajstić information content (AvgIpc) is 2.76. The smallest absolute Gasteiger partial charge is 0.173 e. The fraction of sp³-hybridized carbons (Fsp3) is 0.636. The van der Waals surface area contributed by atoms with Gasteiger partial charge in [0.15, 0.2) is 11.6 Å². The van der Waals surface area contributed by atoms with Gasteiger partial charge in [0, 0.05) is 5.92 Å². The lowest BCUT2D eigenvalue weighted by molar-refractivity contribution is -0.132. The van der Waals surface area contributed by atoms with Crippen LogP contribution in [0.1, 0.15) is 67.7 Å². The van der Waals surface area contributed by atoms with Crippen molar-refractivity contribution in [1.82, 2.24) is 0 Å². The van der Waals surface area contributed by atoms with Crippen LogP contribution in [0.4, 0.5) is 0 Å². The van der Waals surface area contributed by atoms with E-state index in [0.717, 1.165) is 11.1 Å². The maximum Gasteiger partial charge on any atom is 0.173 e. The van der Waals surface area contributed by atoms with Gasteiger partial charge in [-0.2, -0.15) is 0 Å². The van der Waals surface area contributed by atoms with Crippen molar-refractivity contribution in [3.63, 3.8) is 0 Å². The minimum absolute atomic E-state index is 0.0882. The summed E-state index contributed by atoms with van der Waals surface area (Å²) < 4.78 is 0. The normalized spacial score (nSPS) is 25.1. The SMILES string of the molecule is CCC(C)C(=O)C1=C(C)[C@](O)(C(O)CC=C(C)C)C(CC=C(C)C)C1=O. The van der Waals surface area contributed by atoms with Crippen LogP contribution < -0.4 is 0 Å². The molecule has 4 heteroatoms. The van der Waals surface area contributed by atoms with Gasteiger partial charge in [-0.1, -0.05) is 37.1 Å². The van der Waals surface area contributed by atoms with Gasteiger partial charge in [0.2, 0.25) is 0 Å². The lowest BCUT2D eigenvalue weighted by atomic mass is 9.78. The first-order valence-electron chi connectivity index (χ1n) is 9.45.